The lowest BCUT2D eigenvalue weighted by Crippen LogP contribution is -2.35. The molecular weight excluding hydrogens is 267 g/mol. The van der Waals surface area contributed by atoms with E-state index < -0.39 is 0 Å². The summed E-state index contributed by atoms with van der Waals surface area (Å²) in [5.74, 6) is 0.483. The Morgan fingerprint density at radius 3 is 2.67 bits per heavy atom. The van der Waals surface area contributed by atoms with Crippen LogP contribution in [0.3, 0.4) is 0 Å². The highest BCUT2D eigenvalue weighted by Gasteiger charge is 2.21. The highest BCUT2D eigenvalue weighted by atomic mass is 19.1. The van der Waals surface area contributed by atoms with E-state index >= 15 is 0 Å². The summed E-state index contributed by atoms with van der Waals surface area (Å²) in [6.45, 7) is 4.67. The van der Waals surface area contributed by atoms with Crippen molar-refractivity contribution in [2.24, 2.45) is 11.7 Å². The molecule has 0 aromatic heterocycles. The van der Waals surface area contributed by atoms with E-state index in [9.17, 15) is 4.39 Å². The van der Waals surface area contributed by atoms with Gasteiger partial charge in [-0.25, -0.2) is 4.39 Å². The predicted octanol–water partition coefficient (Wildman–Crippen LogP) is 2.97. The molecule has 21 heavy (non-hydrogen) atoms. The molecular formula is C17H27FN2O. The van der Waals surface area contributed by atoms with Crippen molar-refractivity contribution in [1.82, 2.24) is 0 Å². The van der Waals surface area contributed by atoms with Gasteiger partial charge >= 0.3 is 0 Å². The first-order valence-electron chi connectivity index (χ1n) is 7.92. The van der Waals surface area contributed by atoms with Gasteiger partial charge in [-0.3, -0.25) is 0 Å². The second-order valence-corrected chi connectivity index (χ2v) is 6.04. The zero-order valence-corrected chi connectivity index (χ0v) is 13.1. The molecule has 2 N–H and O–H groups in total. The van der Waals surface area contributed by atoms with Gasteiger partial charge in [0.25, 0.3) is 0 Å². The van der Waals surface area contributed by atoms with Gasteiger partial charge in [0.15, 0.2) is 0 Å². The Bertz CT molecular complexity index is 444. The average molecular weight is 294 g/mol. The number of hydrogen-bond donors (Lipinski definition) is 1. The Morgan fingerprint density at radius 2 is 2.10 bits per heavy atom. The zero-order chi connectivity index (χ0) is 15.2. The van der Waals surface area contributed by atoms with Crippen LogP contribution in [0.5, 0.6) is 0 Å². The number of methoxy groups -OCH3 is 1. The van der Waals surface area contributed by atoms with Crippen LogP contribution in [-0.4, -0.2) is 32.8 Å². The molecule has 0 spiro atoms. The Morgan fingerprint density at radius 1 is 1.38 bits per heavy atom. The Labute approximate surface area is 127 Å². The number of nitrogens with two attached hydrogens (primary N) is 1. The molecule has 1 aromatic carbocycles. The molecule has 2 rings (SSSR count). The van der Waals surface area contributed by atoms with E-state index in [2.05, 4.69) is 11.8 Å². The van der Waals surface area contributed by atoms with E-state index in [1.165, 1.54) is 0 Å². The third-order valence-corrected chi connectivity index (χ3v) is 4.39. The van der Waals surface area contributed by atoms with Gasteiger partial charge in [0.1, 0.15) is 5.82 Å². The molecule has 0 radical (unpaired) electrons. The quantitative estimate of drug-likeness (QED) is 0.876. The standard InChI is InChI=1S/C17H27FN2O/c1-3-15(19)10-14-4-5-17(16(18)11-14)20-8-6-13(7-9-20)12-21-2/h4-5,11,13,15H,3,6-10,12,19H2,1-2H3. The first-order valence-corrected chi connectivity index (χ1v) is 7.92. The third-order valence-electron chi connectivity index (χ3n) is 4.39. The van der Waals surface area contributed by atoms with E-state index in [0.29, 0.717) is 5.92 Å². The molecule has 0 saturated carbocycles. The van der Waals surface area contributed by atoms with Crippen LogP contribution in [-0.2, 0) is 11.2 Å². The first kappa shape index (κ1) is 16.2. The SMILES string of the molecule is CCC(N)Cc1ccc(N2CCC(COC)CC2)c(F)c1. The molecule has 1 aliphatic heterocycles. The summed E-state index contributed by atoms with van der Waals surface area (Å²) in [5.41, 5.74) is 7.64. The molecule has 1 heterocycles. The summed E-state index contributed by atoms with van der Waals surface area (Å²) in [5, 5.41) is 0. The number of nitrogens with zero attached hydrogens (tertiary/aromatic N) is 1. The molecule has 1 unspecified atom stereocenters. The number of benzene rings is 1. The van der Waals surface area contributed by atoms with Gasteiger partial charge in [0.05, 0.1) is 5.69 Å². The minimum Gasteiger partial charge on any atom is -0.384 e. The molecule has 1 atom stereocenters. The molecule has 1 saturated heterocycles. The zero-order valence-electron chi connectivity index (χ0n) is 13.1. The molecule has 4 heteroatoms. The topological polar surface area (TPSA) is 38.5 Å². The van der Waals surface area contributed by atoms with Crippen molar-refractivity contribution in [2.75, 3.05) is 31.7 Å². The number of hydrogen-bond acceptors (Lipinski definition) is 3. The summed E-state index contributed by atoms with van der Waals surface area (Å²) >= 11 is 0. The first-order chi connectivity index (χ1) is 10.1. The molecule has 118 valence electrons. The normalized spacial score (nSPS) is 18.0. The van der Waals surface area contributed by atoms with Gasteiger partial charge in [-0.1, -0.05) is 13.0 Å². The van der Waals surface area contributed by atoms with Crippen molar-refractivity contribution in [3.8, 4) is 0 Å². The molecule has 0 bridgehead atoms. The van der Waals surface area contributed by atoms with Crippen LogP contribution in [0.15, 0.2) is 18.2 Å². The van der Waals surface area contributed by atoms with Gasteiger partial charge in [-0.15, -0.1) is 0 Å². The van der Waals surface area contributed by atoms with Gasteiger partial charge in [0.2, 0.25) is 0 Å². The van der Waals surface area contributed by atoms with Crippen LogP contribution in [0.4, 0.5) is 10.1 Å². The lowest BCUT2D eigenvalue weighted by Gasteiger charge is -2.33. The van der Waals surface area contributed by atoms with Gasteiger partial charge in [-0.2, -0.15) is 0 Å². The average Bonchev–Trinajstić information content (AvgIpc) is 2.49. The fraction of sp³-hybridized carbons (Fsp3) is 0.647. The summed E-state index contributed by atoms with van der Waals surface area (Å²) in [7, 11) is 1.74. The highest BCUT2D eigenvalue weighted by Crippen LogP contribution is 2.26. The van der Waals surface area contributed by atoms with E-state index in [1.54, 1.807) is 13.2 Å². The fourth-order valence-corrected chi connectivity index (χ4v) is 2.96. The number of ether oxygens (including phenoxy) is 1. The lowest BCUT2D eigenvalue weighted by molar-refractivity contribution is 0.139. The van der Waals surface area contributed by atoms with E-state index in [4.69, 9.17) is 10.5 Å². The minimum absolute atomic E-state index is 0.111. The van der Waals surface area contributed by atoms with Crippen molar-refractivity contribution in [3.63, 3.8) is 0 Å². The second-order valence-electron chi connectivity index (χ2n) is 6.04. The number of piperidine rings is 1. The maximum Gasteiger partial charge on any atom is 0.146 e. The van der Waals surface area contributed by atoms with Crippen molar-refractivity contribution < 1.29 is 9.13 Å². The van der Waals surface area contributed by atoms with Crippen molar-refractivity contribution in [2.45, 2.75) is 38.6 Å². The van der Waals surface area contributed by atoms with Crippen LogP contribution < -0.4 is 10.6 Å². The summed E-state index contributed by atoms with van der Waals surface area (Å²) < 4.78 is 19.5. The predicted molar refractivity (Wildman–Crippen MR) is 85.2 cm³/mol. The lowest BCUT2D eigenvalue weighted by atomic mass is 9.97. The fourth-order valence-electron chi connectivity index (χ4n) is 2.96. The molecule has 1 fully saturated rings. The van der Waals surface area contributed by atoms with Crippen molar-refractivity contribution >= 4 is 5.69 Å². The molecule has 0 aliphatic carbocycles. The van der Waals surface area contributed by atoms with Gasteiger partial charge in [-0.05, 0) is 49.3 Å². The summed E-state index contributed by atoms with van der Waals surface area (Å²) in [4.78, 5) is 2.14. The third kappa shape index (κ3) is 4.42. The molecule has 3 nitrogen and oxygen atoms in total. The molecule has 0 amide bonds. The van der Waals surface area contributed by atoms with E-state index in [0.717, 1.165) is 56.6 Å². The maximum absolute atomic E-state index is 14.3. The van der Waals surface area contributed by atoms with Crippen molar-refractivity contribution in [3.05, 3.63) is 29.6 Å². The summed E-state index contributed by atoms with van der Waals surface area (Å²) in [6, 6.07) is 5.67. The highest BCUT2D eigenvalue weighted by molar-refractivity contribution is 5.49. The van der Waals surface area contributed by atoms with Crippen LogP contribution in [0, 0.1) is 11.7 Å². The van der Waals surface area contributed by atoms with Crippen LogP contribution in [0.25, 0.3) is 0 Å². The molecule has 1 aromatic rings. The summed E-state index contributed by atoms with van der Waals surface area (Å²) in [6.07, 6.45) is 3.78. The Balaban J connectivity index is 1.98. The smallest absolute Gasteiger partial charge is 0.146 e. The van der Waals surface area contributed by atoms with Gasteiger partial charge < -0.3 is 15.4 Å². The maximum atomic E-state index is 14.3. The monoisotopic (exact) mass is 294 g/mol. The largest absolute Gasteiger partial charge is 0.384 e. The second kappa shape index (κ2) is 7.76. The number of rotatable bonds is 6. The van der Waals surface area contributed by atoms with Crippen LogP contribution >= 0.6 is 0 Å². The Hall–Kier alpha value is -1.13. The molecule has 1 aliphatic rings. The van der Waals surface area contributed by atoms with Gasteiger partial charge in [0, 0.05) is 32.8 Å². The number of anilines is 1. The minimum atomic E-state index is -0.124. The van der Waals surface area contributed by atoms with Crippen LogP contribution in [0.1, 0.15) is 31.7 Å². The number of halogens is 1. The van der Waals surface area contributed by atoms with E-state index in [-0.39, 0.29) is 11.9 Å². The Kier molecular flexibility index (Phi) is 6.00. The van der Waals surface area contributed by atoms with Crippen LogP contribution in [0.2, 0.25) is 0 Å². The van der Waals surface area contributed by atoms with E-state index in [1.807, 2.05) is 12.1 Å². The van der Waals surface area contributed by atoms with Crippen molar-refractivity contribution in [1.29, 1.82) is 0 Å².